The van der Waals surface area contributed by atoms with Gasteiger partial charge in [-0.15, -0.1) is 0 Å². The summed E-state index contributed by atoms with van der Waals surface area (Å²) in [5.74, 6) is 0. The molecule has 0 atom stereocenters. The summed E-state index contributed by atoms with van der Waals surface area (Å²) in [5, 5.41) is 5.01. The lowest BCUT2D eigenvalue weighted by atomic mass is 9.88. The summed E-state index contributed by atoms with van der Waals surface area (Å²) < 4.78 is 19.7. The van der Waals surface area contributed by atoms with Gasteiger partial charge in [0, 0.05) is 36.0 Å². The van der Waals surface area contributed by atoms with E-state index in [1.54, 1.807) is 12.3 Å². The molecule has 0 saturated carbocycles. The van der Waals surface area contributed by atoms with E-state index in [4.69, 9.17) is 2.74 Å². The highest BCUT2D eigenvalue weighted by atomic mass is 14.9. The maximum Gasteiger partial charge on any atom is 0.0705 e. The number of hydrogen-bond acceptors (Lipinski definition) is 1. The number of rotatable bonds is 2. The minimum Gasteiger partial charge on any atom is -0.308 e. The predicted molar refractivity (Wildman–Crippen MR) is 127 cm³/mol. The van der Waals surface area contributed by atoms with Crippen molar-refractivity contribution >= 4 is 38.1 Å². The maximum absolute atomic E-state index is 8.67. The van der Waals surface area contributed by atoms with Crippen LogP contribution in [0, 0.1) is 5.41 Å². The van der Waals surface area contributed by atoms with Gasteiger partial charge in [0.1, 0.15) is 0 Å². The van der Waals surface area contributed by atoms with Crippen LogP contribution >= 0.6 is 0 Å². The van der Waals surface area contributed by atoms with Crippen LogP contribution in [0.3, 0.4) is 0 Å². The first-order valence-electron chi connectivity index (χ1n) is 11.4. The molecule has 0 bridgehead atoms. The predicted octanol–water partition coefficient (Wildman–Crippen LogP) is 7.49. The zero-order valence-electron chi connectivity index (χ0n) is 19.4. The molecule has 3 aromatic heterocycles. The van der Waals surface area contributed by atoms with E-state index >= 15 is 0 Å². The van der Waals surface area contributed by atoms with Crippen molar-refractivity contribution in [3.8, 4) is 11.3 Å². The van der Waals surface area contributed by atoms with Crippen molar-refractivity contribution < 1.29 is 2.74 Å². The van der Waals surface area contributed by atoms with Crippen molar-refractivity contribution in [1.82, 2.24) is 9.38 Å². The van der Waals surface area contributed by atoms with Crippen LogP contribution in [-0.2, 0) is 6.37 Å². The molecule has 6 rings (SSSR count). The Morgan fingerprint density at radius 2 is 1.53 bits per heavy atom. The van der Waals surface area contributed by atoms with Gasteiger partial charge in [-0.05, 0) is 41.6 Å². The topological polar surface area (TPSA) is 17.3 Å². The summed E-state index contributed by atoms with van der Waals surface area (Å²) in [6.07, 6.45) is 0.264. The molecule has 0 spiro atoms. The third-order valence-corrected chi connectivity index (χ3v) is 5.80. The smallest absolute Gasteiger partial charge is 0.0705 e. The second-order valence-electron chi connectivity index (χ2n) is 9.09. The fraction of sp³-hybridized carbons (Fsp3) is 0.179. The number of hydrogen-bond donors (Lipinski definition) is 0. The van der Waals surface area contributed by atoms with Gasteiger partial charge in [0.25, 0.3) is 0 Å². The van der Waals surface area contributed by atoms with Gasteiger partial charge in [0.05, 0.1) is 22.2 Å². The second kappa shape index (κ2) is 6.06. The average molecular weight is 391 g/mol. The molecule has 146 valence electrons. The summed E-state index contributed by atoms with van der Waals surface area (Å²) in [6, 6.07) is 25.2. The van der Waals surface area contributed by atoms with Gasteiger partial charge in [-0.2, -0.15) is 0 Å². The molecule has 3 heterocycles. The quantitative estimate of drug-likeness (QED) is 0.299. The Balaban J connectivity index is 1.63. The van der Waals surface area contributed by atoms with Gasteiger partial charge in [-0.25, -0.2) is 0 Å². The molecule has 2 heteroatoms. The van der Waals surface area contributed by atoms with E-state index in [9.17, 15) is 0 Å². The van der Waals surface area contributed by atoms with Crippen LogP contribution in [-0.4, -0.2) is 9.38 Å². The maximum atomic E-state index is 8.67. The van der Waals surface area contributed by atoms with Crippen LogP contribution in [0.5, 0.6) is 0 Å². The lowest BCUT2D eigenvalue weighted by Crippen LogP contribution is -2.09. The standard InChI is InChI=1S/C28H24N2/c1-28(2,3)17-18-13-14-29-24(15-18)19-11-12-21-23-9-6-8-22-20-7-4-5-10-25(20)30(27(22)23)26(21)16-19/h4-16H,17H2,1-3H3/i17D2. The van der Waals surface area contributed by atoms with Gasteiger partial charge < -0.3 is 4.40 Å². The highest BCUT2D eigenvalue weighted by Gasteiger charge is 2.17. The molecule has 0 radical (unpaired) electrons. The summed E-state index contributed by atoms with van der Waals surface area (Å²) in [7, 11) is 0. The van der Waals surface area contributed by atoms with Crippen LogP contribution in [0.15, 0.2) is 79.0 Å². The molecule has 0 fully saturated rings. The molecule has 6 aromatic rings. The molecule has 0 aliphatic rings. The molecule has 0 N–H and O–H groups in total. The lowest BCUT2D eigenvalue weighted by Gasteiger charge is -2.18. The zero-order chi connectivity index (χ0) is 22.3. The monoisotopic (exact) mass is 390 g/mol. The van der Waals surface area contributed by atoms with Crippen molar-refractivity contribution in [3.63, 3.8) is 0 Å². The Bertz CT molecular complexity index is 1640. The molecular formula is C28H24N2. The fourth-order valence-corrected chi connectivity index (χ4v) is 4.69. The van der Waals surface area contributed by atoms with E-state index in [2.05, 4.69) is 70.0 Å². The number of pyridine rings is 1. The van der Waals surface area contributed by atoms with Gasteiger partial charge in [-0.1, -0.05) is 69.3 Å². The van der Waals surface area contributed by atoms with Gasteiger partial charge in [0.2, 0.25) is 0 Å². The highest BCUT2D eigenvalue weighted by Crippen LogP contribution is 2.39. The van der Waals surface area contributed by atoms with Crippen molar-refractivity contribution in [2.24, 2.45) is 5.41 Å². The minimum atomic E-state index is -1.46. The Labute approximate surface area is 178 Å². The molecule has 0 aliphatic carbocycles. The zero-order valence-corrected chi connectivity index (χ0v) is 17.4. The van der Waals surface area contributed by atoms with Crippen molar-refractivity contribution in [1.29, 1.82) is 0 Å². The molecule has 0 aliphatic heterocycles. The molecule has 0 unspecified atom stereocenters. The van der Waals surface area contributed by atoms with E-state index in [1.807, 2.05) is 26.8 Å². The van der Waals surface area contributed by atoms with Crippen LogP contribution < -0.4 is 0 Å². The van der Waals surface area contributed by atoms with E-state index in [1.165, 1.54) is 32.6 Å². The summed E-state index contributed by atoms with van der Waals surface area (Å²) in [4.78, 5) is 4.60. The molecule has 0 amide bonds. The van der Waals surface area contributed by atoms with Gasteiger partial charge in [0.15, 0.2) is 0 Å². The number of fused-ring (bicyclic) bond motifs is 6. The fourth-order valence-electron chi connectivity index (χ4n) is 4.69. The molecule has 30 heavy (non-hydrogen) atoms. The van der Waals surface area contributed by atoms with Crippen LogP contribution in [0.4, 0.5) is 0 Å². The Kier molecular flexibility index (Phi) is 3.12. The SMILES string of the molecule is [2H]C([2H])(c1ccnc(-c2ccc3c4cccc5c6ccccc6n(c3c2)c54)c1)C(C)(C)C. The van der Waals surface area contributed by atoms with Crippen LogP contribution in [0.1, 0.15) is 29.1 Å². The van der Waals surface area contributed by atoms with Crippen molar-refractivity contribution in [3.05, 3.63) is 84.6 Å². The van der Waals surface area contributed by atoms with Crippen molar-refractivity contribution in [2.45, 2.75) is 27.1 Å². The van der Waals surface area contributed by atoms with E-state index in [0.29, 0.717) is 5.56 Å². The number of aromatic nitrogens is 2. The third kappa shape index (κ3) is 2.53. The van der Waals surface area contributed by atoms with Gasteiger partial charge >= 0.3 is 0 Å². The number of nitrogens with zero attached hydrogens (tertiary/aromatic N) is 2. The summed E-state index contributed by atoms with van der Waals surface area (Å²) in [5.41, 5.74) is 5.55. The summed E-state index contributed by atoms with van der Waals surface area (Å²) in [6.45, 7) is 5.80. The first kappa shape index (κ1) is 15.4. The average Bonchev–Trinajstić information content (AvgIpc) is 3.30. The normalized spacial score (nSPS) is 14.1. The largest absolute Gasteiger partial charge is 0.308 e. The number of para-hydroxylation sites is 2. The minimum absolute atomic E-state index is 0.513. The Hall–Kier alpha value is -3.39. The van der Waals surface area contributed by atoms with Crippen LogP contribution in [0.25, 0.3) is 49.4 Å². The lowest BCUT2D eigenvalue weighted by molar-refractivity contribution is 0.411. The Morgan fingerprint density at radius 3 is 2.33 bits per heavy atom. The number of benzene rings is 3. The highest BCUT2D eigenvalue weighted by molar-refractivity contribution is 6.23. The third-order valence-electron chi connectivity index (χ3n) is 5.80. The van der Waals surface area contributed by atoms with E-state index in [-0.39, 0.29) is 0 Å². The van der Waals surface area contributed by atoms with Crippen LogP contribution in [0.2, 0.25) is 0 Å². The van der Waals surface area contributed by atoms with Crippen molar-refractivity contribution in [2.75, 3.05) is 0 Å². The summed E-state index contributed by atoms with van der Waals surface area (Å²) >= 11 is 0. The van der Waals surface area contributed by atoms with E-state index < -0.39 is 11.8 Å². The second-order valence-corrected chi connectivity index (χ2v) is 9.09. The van der Waals surface area contributed by atoms with Gasteiger partial charge in [-0.3, -0.25) is 4.98 Å². The van der Waals surface area contributed by atoms with E-state index in [0.717, 1.165) is 16.8 Å². The molecular weight excluding hydrogens is 364 g/mol. The first-order chi connectivity index (χ1) is 15.3. The molecule has 0 saturated heterocycles. The first-order valence-corrected chi connectivity index (χ1v) is 10.4. The Morgan fingerprint density at radius 1 is 0.800 bits per heavy atom. The molecule has 2 nitrogen and oxygen atoms in total. The molecule has 3 aromatic carbocycles.